The summed E-state index contributed by atoms with van der Waals surface area (Å²) in [6.45, 7) is 0.373. The van der Waals surface area contributed by atoms with Gasteiger partial charge in [-0.15, -0.1) is 0 Å². The Morgan fingerprint density at radius 1 is 1.08 bits per heavy atom. The number of rotatable bonds is 7. The Morgan fingerprint density at radius 3 is 2.50 bits per heavy atom. The number of hydrogen-bond acceptors (Lipinski definition) is 4. The second-order valence-electron chi connectivity index (χ2n) is 5.07. The second kappa shape index (κ2) is 8.53. The second-order valence-corrected chi connectivity index (χ2v) is 5.07. The van der Waals surface area contributed by atoms with Crippen molar-refractivity contribution in [3.8, 4) is 5.75 Å². The molecule has 1 N–H and O–H groups in total. The van der Waals surface area contributed by atoms with Gasteiger partial charge in [-0.3, -0.25) is 4.79 Å². The highest BCUT2D eigenvalue weighted by molar-refractivity contribution is 5.87. The number of carbonyl (C=O) groups excluding carboxylic acids is 1. The summed E-state index contributed by atoms with van der Waals surface area (Å²) in [6, 6.07) is 14.8. The number of ether oxygens (including phenoxy) is 2. The van der Waals surface area contributed by atoms with Crippen LogP contribution in [0.5, 0.6) is 5.75 Å². The van der Waals surface area contributed by atoms with Crippen molar-refractivity contribution in [2.75, 3.05) is 7.11 Å². The maximum atomic E-state index is 11.3. The van der Waals surface area contributed by atoms with Crippen molar-refractivity contribution in [3.05, 3.63) is 71.3 Å². The first-order valence-electron chi connectivity index (χ1n) is 7.36. The summed E-state index contributed by atoms with van der Waals surface area (Å²) < 4.78 is 10.4. The van der Waals surface area contributed by atoms with E-state index in [1.807, 2.05) is 30.3 Å². The summed E-state index contributed by atoms with van der Waals surface area (Å²) >= 11 is 0. The first-order valence-corrected chi connectivity index (χ1v) is 7.36. The zero-order valence-corrected chi connectivity index (χ0v) is 13.3. The monoisotopic (exact) mass is 326 g/mol. The fourth-order valence-corrected chi connectivity index (χ4v) is 2.11. The summed E-state index contributed by atoms with van der Waals surface area (Å²) in [7, 11) is 1.29. The van der Waals surface area contributed by atoms with Crippen molar-refractivity contribution < 1.29 is 24.2 Å². The molecule has 0 aromatic heterocycles. The van der Waals surface area contributed by atoms with Gasteiger partial charge in [-0.2, -0.15) is 0 Å². The van der Waals surface area contributed by atoms with Gasteiger partial charge in [-0.05, 0) is 29.3 Å². The molecule has 0 aliphatic carbocycles. The van der Waals surface area contributed by atoms with Crippen LogP contribution in [0.15, 0.2) is 54.6 Å². The number of aliphatic carboxylic acids is 1. The summed E-state index contributed by atoms with van der Waals surface area (Å²) in [5.41, 5.74) is 2.25. The third-order valence-corrected chi connectivity index (χ3v) is 3.27. The number of hydrogen-bond donors (Lipinski definition) is 1. The predicted molar refractivity (Wildman–Crippen MR) is 89.6 cm³/mol. The maximum absolute atomic E-state index is 11.3. The van der Waals surface area contributed by atoms with Crippen molar-refractivity contribution in [2.45, 2.75) is 13.0 Å². The van der Waals surface area contributed by atoms with E-state index in [1.165, 1.54) is 13.2 Å². The molecule has 0 unspecified atom stereocenters. The molecule has 5 heteroatoms. The topological polar surface area (TPSA) is 72.8 Å². The lowest BCUT2D eigenvalue weighted by molar-refractivity contribution is -0.136. The highest BCUT2D eigenvalue weighted by Gasteiger charge is 2.07. The van der Waals surface area contributed by atoms with Crippen molar-refractivity contribution in [1.82, 2.24) is 0 Å². The predicted octanol–water partition coefficient (Wildman–Crippen LogP) is 3.08. The number of benzene rings is 2. The molecule has 5 nitrogen and oxygen atoms in total. The van der Waals surface area contributed by atoms with Crippen molar-refractivity contribution in [2.24, 2.45) is 0 Å². The van der Waals surface area contributed by atoms with Gasteiger partial charge in [0.15, 0.2) is 0 Å². The molecule has 0 saturated heterocycles. The number of esters is 1. The van der Waals surface area contributed by atoms with E-state index >= 15 is 0 Å². The molecule has 2 aromatic carbocycles. The van der Waals surface area contributed by atoms with Crippen LogP contribution >= 0.6 is 0 Å². The molecule has 124 valence electrons. The van der Waals surface area contributed by atoms with Crippen LogP contribution in [0.25, 0.3) is 6.08 Å². The van der Waals surface area contributed by atoms with Crippen LogP contribution in [-0.4, -0.2) is 24.2 Å². The standard InChI is InChI=1S/C19H18O5/c1-23-19(22)10-8-16-11-15(12-18(20)21)7-9-17(16)24-13-14-5-3-2-4-6-14/h2-11H,12-13H2,1H3,(H,20,21). The van der Waals surface area contributed by atoms with Gasteiger partial charge >= 0.3 is 11.9 Å². The number of methoxy groups -OCH3 is 1. The van der Waals surface area contributed by atoms with Crippen molar-refractivity contribution >= 4 is 18.0 Å². The third-order valence-electron chi connectivity index (χ3n) is 3.27. The van der Waals surface area contributed by atoms with Crippen molar-refractivity contribution in [3.63, 3.8) is 0 Å². The molecular formula is C19H18O5. The first-order chi connectivity index (χ1) is 11.6. The lowest BCUT2D eigenvalue weighted by atomic mass is 10.1. The van der Waals surface area contributed by atoms with Gasteiger partial charge < -0.3 is 14.6 Å². The van der Waals surface area contributed by atoms with E-state index in [0.717, 1.165) is 5.56 Å². The fraction of sp³-hybridized carbons (Fsp3) is 0.158. The smallest absolute Gasteiger partial charge is 0.330 e. The molecule has 0 amide bonds. The quantitative estimate of drug-likeness (QED) is 0.625. The minimum absolute atomic E-state index is 0.0992. The van der Waals surface area contributed by atoms with E-state index in [4.69, 9.17) is 9.84 Å². The Hall–Kier alpha value is -3.08. The number of carboxylic acid groups (broad SMARTS) is 1. The molecule has 0 fully saturated rings. The van der Waals surface area contributed by atoms with Gasteiger partial charge in [-0.1, -0.05) is 36.4 Å². The summed E-state index contributed by atoms with van der Waals surface area (Å²) in [4.78, 5) is 22.2. The molecule has 2 rings (SSSR count). The molecule has 0 saturated carbocycles. The van der Waals surface area contributed by atoms with E-state index in [0.29, 0.717) is 23.5 Å². The van der Waals surface area contributed by atoms with Crippen LogP contribution in [0.1, 0.15) is 16.7 Å². The number of carbonyl (C=O) groups is 2. The normalized spacial score (nSPS) is 10.5. The molecule has 0 heterocycles. The van der Waals surface area contributed by atoms with Crippen LogP contribution in [0, 0.1) is 0 Å². The van der Waals surface area contributed by atoms with Gasteiger partial charge in [0.2, 0.25) is 0 Å². The average Bonchev–Trinajstić information content (AvgIpc) is 2.59. The molecule has 0 aliphatic rings. The van der Waals surface area contributed by atoms with Crippen LogP contribution in [0.4, 0.5) is 0 Å². The Morgan fingerprint density at radius 2 is 1.83 bits per heavy atom. The SMILES string of the molecule is COC(=O)C=Cc1cc(CC(=O)O)ccc1OCc1ccccc1. The van der Waals surface area contributed by atoms with Gasteiger partial charge in [-0.25, -0.2) is 4.79 Å². The highest BCUT2D eigenvalue weighted by Crippen LogP contribution is 2.23. The molecule has 24 heavy (non-hydrogen) atoms. The van der Waals surface area contributed by atoms with E-state index < -0.39 is 11.9 Å². The fourth-order valence-electron chi connectivity index (χ4n) is 2.11. The summed E-state index contributed by atoms with van der Waals surface area (Å²) in [6.07, 6.45) is 2.73. The largest absolute Gasteiger partial charge is 0.488 e. The zero-order chi connectivity index (χ0) is 17.4. The summed E-state index contributed by atoms with van der Waals surface area (Å²) in [5, 5.41) is 8.91. The van der Waals surface area contributed by atoms with E-state index in [9.17, 15) is 9.59 Å². The van der Waals surface area contributed by atoms with Crippen molar-refractivity contribution in [1.29, 1.82) is 0 Å². The third kappa shape index (κ3) is 5.28. The number of carboxylic acids is 1. The minimum Gasteiger partial charge on any atom is -0.488 e. The van der Waals surface area contributed by atoms with E-state index in [2.05, 4.69) is 4.74 Å². The van der Waals surface area contributed by atoms with Gasteiger partial charge in [0.05, 0.1) is 13.5 Å². The zero-order valence-electron chi connectivity index (χ0n) is 13.3. The molecule has 0 aliphatic heterocycles. The van der Waals surface area contributed by atoms with Gasteiger partial charge in [0, 0.05) is 11.6 Å². The first kappa shape index (κ1) is 17.3. The van der Waals surface area contributed by atoms with Gasteiger partial charge in [0.1, 0.15) is 12.4 Å². The molecule has 0 spiro atoms. The molecule has 0 radical (unpaired) electrons. The molecular weight excluding hydrogens is 308 g/mol. The Bertz CT molecular complexity index is 735. The van der Waals surface area contributed by atoms with E-state index in [1.54, 1.807) is 24.3 Å². The molecule has 0 bridgehead atoms. The maximum Gasteiger partial charge on any atom is 0.330 e. The highest BCUT2D eigenvalue weighted by atomic mass is 16.5. The van der Waals surface area contributed by atoms with E-state index in [-0.39, 0.29) is 6.42 Å². The van der Waals surface area contributed by atoms with Crippen LogP contribution in [0.2, 0.25) is 0 Å². The Labute approximate surface area is 140 Å². The Balaban J connectivity index is 2.22. The molecule has 0 atom stereocenters. The van der Waals surface area contributed by atoms with Crippen LogP contribution in [0.3, 0.4) is 0 Å². The van der Waals surface area contributed by atoms with Crippen LogP contribution in [-0.2, 0) is 27.4 Å². The lowest BCUT2D eigenvalue weighted by Crippen LogP contribution is -2.02. The lowest BCUT2D eigenvalue weighted by Gasteiger charge is -2.11. The minimum atomic E-state index is -0.921. The van der Waals surface area contributed by atoms with Crippen LogP contribution < -0.4 is 4.74 Å². The molecule has 2 aromatic rings. The Kier molecular flexibility index (Phi) is 6.14. The summed E-state index contributed by atoms with van der Waals surface area (Å²) in [5.74, 6) is -0.850. The average molecular weight is 326 g/mol. The van der Waals surface area contributed by atoms with Gasteiger partial charge in [0.25, 0.3) is 0 Å².